The van der Waals surface area contributed by atoms with E-state index < -0.39 is 28.1 Å². The van der Waals surface area contributed by atoms with Crippen LogP contribution in [0.4, 0.5) is 0 Å². The Balaban J connectivity index is 1.90. The highest BCUT2D eigenvalue weighted by atomic mass is 32.2. The van der Waals surface area contributed by atoms with Gasteiger partial charge in [-0.2, -0.15) is 4.31 Å². The second-order valence-corrected chi connectivity index (χ2v) is 7.38. The molecule has 1 fully saturated rings. The van der Waals surface area contributed by atoms with E-state index in [1.54, 1.807) is 24.3 Å². The highest BCUT2D eigenvalue weighted by Crippen LogP contribution is 2.21. The van der Waals surface area contributed by atoms with Crippen molar-refractivity contribution in [1.82, 2.24) is 9.62 Å². The van der Waals surface area contributed by atoms with E-state index in [2.05, 4.69) is 5.32 Å². The molecule has 1 aliphatic rings. The van der Waals surface area contributed by atoms with E-state index in [9.17, 15) is 23.4 Å². The molecule has 7 nitrogen and oxygen atoms in total. The number of rotatable bonds is 5. The Bertz CT molecular complexity index is 629. The number of benzene rings is 1. The predicted octanol–water partition coefficient (Wildman–Crippen LogP) is -0.554. The SMILES string of the molecule is CS(=O)(=O)N1C[C@H](O)C[C@H]1C(=O)NCCc1ccc(O)cc1. The van der Waals surface area contributed by atoms with Crippen molar-refractivity contribution in [2.24, 2.45) is 0 Å². The number of aliphatic hydroxyl groups is 1. The van der Waals surface area contributed by atoms with E-state index >= 15 is 0 Å². The maximum Gasteiger partial charge on any atom is 0.238 e. The van der Waals surface area contributed by atoms with Gasteiger partial charge >= 0.3 is 0 Å². The summed E-state index contributed by atoms with van der Waals surface area (Å²) in [6, 6.07) is 5.78. The predicted molar refractivity (Wildman–Crippen MR) is 80.8 cm³/mol. The first-order valence-electron chi connectivity index (χ1n) is 6.98. The Morgan fingerprint density at radius 3 is 2.59 bits per heavy atom. The maximum atomic E-state index is 12.1. The molecule has 1 aliphatic heterocycles. The molecule has 3 N–H and O–H groups in total. The van der Waals surface area contributed by atoms with Gasteiger partial charge in [0.2, 0.25) is 15.9 Å². The molecule has 1 aromatic rings. The molecule has 1 heterocycles. The van der Waals surface area contributed by atoms with Crippen molar-refractivity contribution in [3.05, 3.63) is 29.8 Å². The molecule has 2 rings (SSSR count). The van der Waals surface area contributed by atoms with Crippen molar-refractivity contribution in [3.63, 3.8) is 0 Å². The minimum Gasteiger partial charge on any atom is -0.508 e. The first-order valence-corrected chi connectivity index (χ1v) is 8.82. The van der Waals surface area contributed by atoms with E-state index in [-0.39, 0.29) is 18.7 Å². The van der Waals surface area contributed by atoms with E-state index in [1.165, 1.54) is 0 Å². The minimum absolute atomic E-state index is 0.0467. The molecule has 0 saturated carbocycles. The molecular formula is C14H20N2O5S. The second kappa shape index (κ2) is 6.64. The highest BCUT2D eigenvalue weighted by Gasteiger charge is 2.40. The van der Waals surface area contributed by atoms with Gasteiger partial charge in [-0.3, -0.25) is 4.79 Å². The number of carbonyl (C=O) groups is 1. The Hall–Kier alpha value is -1.64. The summed E-state index contributed by atoms with van der Waals surface area (Å²) >= 11 is 0. The van der Waals surface area contributed by atoms with Crippen molar-refractivity contribution in [1.29, 1.82) is 0 Å². The smallest absolute Gasteiger partial charge is 0.238 e. The number of carbonyl (C=O) groups excluding carboxylic acids is 1. The first kappa shape index (κ1) is 16.7. The standard InChI is InChI=1S/C14H20N2O5S/c1-22(20,21)16-9-12(18)8-13(16)14(19)15-7-6-10-2-4-11(17)5-3-10/h2-5,12-13,17-18H,6-9H2,1H3,(H,15,19)/t12-,13+/m1/s1. The summed E-state index contributed by atoms with van der Waals surface area (Å²) in [5.41, 5.74) is 0.949. The number of sulfonamides is 1. The normalized spacial score (nSPS) is 22.6. The third-order valence-electron chi connectivity index (χ3n) is 3.61. The molecule has 0 spiro atoms. The lowest BCUT2D eigenvalue weighted by Gasteiger charge is -2.20. The number of hydrogen-bond acceptors (Lipinski definition) is 5. The molecule has 1 amide bonds. The van der Waals surface area contributed by atoms with Crippen molar-refractivity contribution in [3.8, 4) is 5.75 Å². The van der Waals surface area contributed by atoms with Crippen LogP contribution in [0.3, 0.4) is 0 Å². The van der Waals surface area contributed by atoms with Crippen LogP contribution in [0.5, 0.6) is 5.75 Å². The molecule has 2 atom stereocenters. The van der Waals surface area contributed by atoms with Gasteiger partial charge in [0.25, 0.3) is 0 Å². The molecule has 1 saturated heterocycles. The third-order valence-corrected chi connectivity index (χ3v) is 4.87. The number of hydrogen-bond donors (Lipinski definition) is 3. The number of nitrogens with one attached hydrogen (secondary N) is 1. The third kappa shape index (κ3) is 4.19. The van der Waals surface area contributed by atoms with Crippen molar-refractivity contribution < 1.29 is 23.4 Å². The van der Waals surface area contributed by atoms with Crippen molar-refractivity contribution in [2.75, 3.05) is 19.3 Å². The molecule has 122 valence electrons. The van der Waals surface area contributed by atoms with Gasteiger partial charge < -0.3 is 15.5 Å². The lowest BCUT2D eigenvalue weighted by atomic mass is 10.1. The van der Waals surface area contributed by atoms with E-state index in [0.717, 1.165) is 16.1 Å². The zero-order chi connectivity index (χ0) is 16.3. The van der Waals surface area contributed by atoms with Crippen LogP contribution in [0.15, 0.2) is 24.3 Å². The Kier molecular flexibility index (Phi) is 5.05. The van der Waals surface area contributed by atoms with Crippen LogP contribution in [0.1, 0.15) is 12.0 Å². The number of phenols is 1. The van der Waals surface area contributed by atoms with Gasteiger partial charge in [0.05, 0.1) is 12.4 Å². The van der Waals surface area contributed by atoms with Crippen LogP contribution < -0.4 is 5.32 Å². The van der Waals surface area contributed by atoms with Crippen molar-refractivity contribution >= 4 is 15.9 Å². The van der Waals surface area contributed by atoms with Crippen LogP contribution in [0.2, 0.25) is 0 Å². The quantitative estimate of drug-likeness (QED) is 0.672. The topological polar surface area (TPSA) is 107 Å². The molecule has 0 radical (unpaired) electrons. The Morgan fingerprint density at radius 2 is 2.00 bits per heavy atom. The summed E-state index contributed by atoms with van der Waals surface area (Å²) in [5.74, 6) is -0.225. The van der Waals surface area contributed by atoms with E-state index in [0.29, 0.717) is 13.0 Å². The number of nitrogens with zero attached hydrogens (tertiary/aromatic N) is 1. The van der Waals surface area contributed by atoms with Gasteiger partial charge in [-0.05, 0) is 24.1 Å². The second-order valence-electron chi connectivity index (χ2n) is 5.45. The number of aliphatic hydroxyl groups excluding tert-OH is 1. The highest BCUT2D eigenvalue weighted by molar-refractivity contribution is 7.88. The fraction of sp³-hybridized carbons (Fsp3) is 0.500. The van der Waals surface area contributed by atoms with Crippen LogP contribution in [0.25, 0.3) is 0 Å². The van der Waals surface area contributed by atoms with Gasteiger partial charge in [0.1, 0.15) is 11.8 Å². The number of aromatic hydroxyl groups is 1. The van der Waals surface area contributed by atoms with Crippen LogP contribution in [-0.2, 0) is 21.2 Å². The zero-order valence-corrected chi connectivity index (χ0v) is 13.1. The van der Waals surface area contributed by atoms with Gasteiger partial charge in [-0.25, -0.2) is 8.42 Å². The van der Waals surface area contributed by atoms with Gasteiger partial charge in [-0.1, -0.05) is 12.1 Å². The summed E-state index contributed by atoms with van der Waals surface area (Å²) in [5, 5.41) is 21.5. The summed E-state index contributed by atoms with van der Waals surface area (Å²) in [6.07, 6.45) is 0.891. The summed E-state index contributed by atoms with van der Waals surface area (Å²) in [4.78, 5) is 12.1. The summed E-state index contributed by atoms with van der Waals surface area (Å²) < 4.78 is 24.3. The average Bonchev–Trinajstić information content (AvgIpc) is 2.83. The molecular weight excluding hydrogens is 308 g/mol. The Labute approximate surface area is 129 Å². The van der Waals surface area contributed by atoms with Crippen LogP contribution >= 0.6 is 0 Å². The number of β-amino-alcohol motifs (C(OH)–C–C–N with tert-alkyl or cyclic N) is 1. The fourth-order valence-electron chi connectivity index (χ4n) is 2.50. The molecule has 1 aromatic carbocycles. The lowest BCUT2D eigenvalue weighted by molar-refractivity contribution is -0.124. The summed E-state index contributed by atoms with van der Waals surface area (Å²) in [7, 11) is -3.53. The monoisotopic (exact) mass is 328 g/mol. The number of amides is 1. The van der Waals surface area contributed by atoms with Gasteiger partial charge in [-0.15, -0.1) is 0 Å². The van der Waals surface area contributed by atoms with Gasteiger partial charge in [0, 0.05) is 19.5 Å². The lowest BCUT2D eigenvalue weighted by Crippen LogP contribution is -2.45. The van der Waals surface area contributed by atoms with E-state index in [1.807, 2.05) is 0 Å². The molecule has 8 heteroatoms. The fourth-order valence-corrected chi connectivity index (χ4v) is 3.59. The largest absolute Gasteiger partial charge is 0.508 e. The van der Waals surface area contributed by atoms with Crippen LogP contribution in [0, 0.1) is 0 Å². The molecule has 0 aromatic heterocycles. The molecule has 22 heavy (non-hydrogen) atoms. The van der Waals surface area contributed by atoms with Crippen molar-refractivity contribution in [2.45, 2.75) is 25.0 Å². The maximum absolute atomic E-state index is 12.1. The number of phenolic OH excluding ortho intramolecular Hbond substituents is 1. The molecule has 0 unspecified atom stereocenters. The Morgan fingerprint density at radius 1 is 1.36 bits per heavy atom. The molecule has 0 bridgehead atoms. The zero-order valence-electron chi connectivity index (χ0n) is 12.3. The van der Waals surface area contributed by atoms with Gasteiger partial charge in [0.15, 0.2) is 0 Å². The van der Waals surface area contributed by atoms with E-state index in [4.69, 9.17) is 0 Å². The average molecular weight is 328 g/mol. The summed E-state index contributed by atoms with van der Waals surface area (Å²) in [6.45, 7) is 0.308. The van der Waals surface area contributed by atoms with Crippen LogP contribution in [-0.4, -0.2) is 60.3 Å². The first-order chi connectivity index (χ1) is 10.3. The minimum atomic E-state index is -3.53. The molecule has 0 aliphatic carbocycles.